The third-order valence-electron chi connectivity index (χ3n) is 6.49. The highest BCUT2D eigenvalue weighted by molar-refractivity contribution is 7.80. The minimum Gasteiger partial charge on any atom is -0.494 e. The zero-order valence-electron chi connectivity index (χ0n) is 21.3. The van der Waals surface area contributed by atoms with Gasteiger partial charge in [-0.15, -0.1) is 0 Å². The quantitative estimate of drug-likeness (QED) is 0.246. The number of hydrogen-bond donors (Lipinski definition) is 3. The molecule has 2 aromatic heterocycles. The minimum absolute atomic E-state index is 0.119. The van der Waals surface area contributed by atoms with E-state index < -0.39 is 12.0 Å². The van der Waals surface area contributed by atoms with Gasteiger partial charge in [0, 0.05) is 29.9 Å². The number of ether oxygens (including phenoxy) is 1. The summed E-state index contributed by atoms with van der Waals surface area (Å²) in [4.78, 5) is 29.7. The van der Waals surface area contributed by atoms with Crippen LogP contribution in [-0.2, 0) is 4.79 Å². The number of methoxy groups -OCH3 is 1. The Morgan fingerprint density at radius 2 is 1.92 bits per heavy atom. The first-order chi connectivity index (χ1) is 18.9. The summed E-state index contributed by atoms with van der Waals surface area (Å²) >= 11 is 5.80. The van der Waals surface area contributed by atoms with Crippen LogP contribution >= 0.6 is 12.2 Å². The van der Waals surface area contributed by atoms with E-state index in [0.717, 1.165) is 16.9 Å². The molecule has 39 heavy (non-hydrogen) atoms. The Labute approximate surface area is 230 Å². The van der Waals surface area contributed by atoms with E-state index in [0.29, 0.717) is 34.5 Å². The Morgan fingerprint density at radius 3 is 2.59 bits per heavy atom. The summed E-state index contributed by atoms with van der Waals surface area (Å²) in [7, 11) is 1.55. The second-order valence-corrected chi connectivity index (χ2v) is 9.25. The van der Waals surface area contributed by atoms with Gasteiger partial charge in [-0.25, -0.2) is 4.79 Å². The highest BCUT2D eigenvalue weighted by Crippen LogP contribution is 2.44. The maximum atomic E-state index is 12.0. The summed E-state index contributed by atoms with van der Waals surface area (Å²) < 4.78 is 11.9. The molecule has 4 aromatic rings. The van der Waals surface area contributed by atoms with Crippen LogP contribution < -0.4 is 20.3 Å². The van der Waals surface area contributed by atoms with Crippen LogP contribution in [0.4, 0.5) is 11.4 Å². The average molecular weight is 543 g/mol. The number of amides is 1. The number of carboxylic acids is 1. The lowest BCUT2D eigenvalue weighted by molar-refractivity contribution is -0.115. The molecule has 3 heterocycles. The highest BCUT2D eigenvalue weighted by atomic mass is 32.1. The van der Waals surface area contributed by atoms with Gasteiger partial charge in [0.1, 0.15) is 23.3 Å². The summed E-state index contributed by atoms with van der Waals surface area (Å²) in [5, 5.41) is 15.9. The number of carboxylic acid groups (broad SMARTS) is 1. The number of rotatable bonds is 8. The fraction of sp³-hybridized carbons (Fsp3) is 0.172. The molecule has 1 aliphatic heterocycles. The van der Waals surface area contributed by atoms with Gasteiger partial charge in [-0.05, 0) is 60.7 Å². The van der Waals surface area contributed by atoms with Crippen LogP contribution in [0.5, 0.6) is 5.75 Å². The van der Waals surface area contributed by atoms with Gasteiger partial charge >= 0.3 is 5.97 Å². The van der Waals surface area contributed by atoms with Gasteiger partial charge in [-0.1, -0.05) is 25.1 Å². The van der Waals surface area contributed by atoms with E-state index in [4.69, 9.17) is 21.4 Å². The molecular weight excluding hydrogens is 516 g/mol. The molecule has 10 heteroatoms. The minimum atomic E-state index is -0.989. The number of nitrogens with one attached hydrogen (secondary N) is 2. The van der Waals surface area contributed by atoms with E-state index in [1.165, 1.54) is 0 Å². The number of benzene rings is 2. The first-order valence-corrected chi connectivity index (χ1v) is 12.7. The standard InChI is InChI=1S/C29H26N4O5S/c1-3-25(34)31-20-12-11-19(16-24(20)37-2)33-27(26(32-29(33)39)21-6-4-5-15-30-21)23-14-13-22(38-23)17-7-9-18(10-8-17)28(35)36/h4-16,26-27H,3H2,1-2H3,(H,31,34)(H,32,39)(H,35,36)/t26-,27-/m0/s1. The van der Waals surface area contributed by atoms with Crippen LogP contribution in [0, 0.1) is 0 Å². The van der Waals surface area contributed by atoms with Crippen molar-refractivity contribution in [2.45, 2.75) is 25.4 Å². The van der Waals surface area contributed by atoms with Gasteiger partial charge in [-0.2, -0.15) is 0 Å². The zero-order valence-corrected chi connectivity index (χ0v) is 22.1. The summed E-state index contributed by atoms with van der Waals surface area (Å²) in [6.07, 6.45) is 2.07. The average Bonchev–Trinajstić information content (AvgIpc) is 3.58. The van der Waals surface area contributed by atoms with E-state index in [2.05, 4.69) is 15.6 Å². The van der Waals surface area contributed by atoms with Crippen LogP contribution in [0.25, 0.3) is 11.3 Å². The molecular formula is C29H26N4O5S. The van der Waals surface area contributed by atoms with Gasteiger partial charge in [0.15, 0.2) is 5.11 Å². The molecule has 2 atom stereocenters. The van der Waals surface area contributed by atoms with Crippen molar-refractivity contribution < 1.29 is 23.8 Å². The Hall–Kier alpha value is -4.70. The molecule has 3 N–H and O–H groups in total. The molecule has 1 fully saturated rings. The van der Waals surface area contributed by atoms with Crippen molar-refractivity contribution in [1.29, 1.82) is 0 Å². The lowest BCUT2D eigenvalue weighted by Crippen LogP contribution is -2.29. The number of carbonyl (C=O) groups excluding carboxylic acids is 1. The number of thiocarbonyl (C=S) groups is 1. The smallest absolute Gasteiger partial charge is 0.335 e. The first kappa shape index (κ1) is 25.9. The van der Waals surface area contributed by atoms with Crippen molar-refractivity contribution in [3.05, 3.63) is 96.0 Å². The van der Waals surface area contributed by atoms with Crippen LogP contribution in [-0.4, -0.2) is 34.2 Å². The number of pyridine rings is 1. The number of aromatic carboxylic acids is 1. The van der Waals surface area contributed by atoms with Crippen molar-refractivity contribution in [3.63, 3.8) is 0 Å². The lowest BCUT2D eigenvalue weighted by Gasteiger charge is -2.27. The maximum absolute atomic E-state index is 12.0. The van der Waals surface area contributed by atoms with Gasteiger partial charge in [-0.3, -0.25) is 9.78 Å². The van der Waals surface area contributed by atoms with Gasteiger partial charge < -0.3 is 29.8 Å². The largest absolute Gasteiger partial charge is 0.494 e. The van der Waals surface area contributed by atoms with Gasteiger partial charge in [0.25, 0.3) is 0 Å². The van der Waals surface area contributed by atoms with E-state index >= 15 is 0 Å². The molecule has 0 spiro atoms. The normalized spacial score (nSPS) is 16.6. The number of hydrogen-bond acceptors (Lipinski definition) is 6. The molecule has 0 bridgehead atoms. The predicted octanol–water partition coefficient (Wildman–Crippen LogP) is 5.57. The molecule has 198 valence electrons. The Kier molecular flexibility index (Phi) is 7.29. The Morgan fingerprint density at radius 1 is 1.13 bits per heavy atom. The fourth-order valence-electron chi connectivity index (χ4n) is 4.54. The molecule has 1 amide bonds. The molecule has 9 nitrogen and oxygen atoms in total. The van der Waals surface area contributed by atoms with E-state index in [1.54, 1.807) is 50.6 Å². The third-order valence-corrected chi connectivity index (χ3v) is 6.81. The summed E-state index contributed by atoms with van der Waals surface area (Å²) in [5.41, 5.74) is 3.04. The molecule has 1 aliphatic rings. The molecule has 1 saturated heterocycles. The van der Waals surface area contributed by atoms with Crippen molar-refractivity contribution in [1.82, 2.24) is 10.3 Å². The van der Waals surface area contributed by atoms with Crippen molar-refractivity contribution in [2.75, 3.05) is 17.3 Å². The predicted molar refractivity (Wildman–Crippen MR) is 151 cm³/mol. The third kappa shape index (κ3) is 5.19. The van der Waals surface area contributed by atoms with E-state index in [1.807, 2.05) is 47.4 Å². The van der Waals surface area contributed by atoms with Crippen molar-refractivity contribution >= 4 is 40.6 Å². The molecule has 0 radical (unpaired) electrons. The van der Waals surface area contributed by atoms with E-state index in [9.17, 15) is 14.7 Å². The van der Waals surface area contributed by atoms with Crippen molar-refractivity contribution in [2.24, 2.45) is 0 Å². The highest BCUT2D eigenvalue weighted by Gasteiger charge is 2.42. The van der Waals surface area contributed by atoms with Crippen molar-refractivity contribution in [3.8, 4) is 17.1 Å². The summed E-state index contributed by atoms with van der Waals surface area (Å²) in [5.74, 6) is 0.618. The fourth-order valence-corrected chi connectivity index (χ4v) is 4.88. The second kappa shape index (κ2) is 11.0. The Balaban J connectivity index is 1.55. The number of nitrogens with zero attached hydrogens (tertiary/aromatic N) is 2. The molecule has 0 aliphatic carbocycles. The van der Waals surface area contributed by atoms with E-state index in [-0.39, 0.29) is 17.5 Å². The SMILES string of the molecule is CCC(=O)Nc1ccc(N2C(=S)N[C@@H](c3ccccn3)[C@@H]2c2ccc(-c3ccc(C(=O)O)cc3)o2)cc1OC. The molecule has 0 saturated carbocycles. The van der Waals surface area contributed by atoms with Gasteiger partial charge in [0.2, 0.25) is 5.91 Å². The zero-order chi connectivity index (χ0) is 27.5. The van der Waals surface area contributed by atoms with Crippen LogP contribution in [0.3, 0.4) is 0 Å². The monoisotopic (exact) mass is 542 g/mol. The van der Waals surface area contributed by atoms with Crippen LogP contribution in [0.1, 0.15) is 47.2 Å². The number of anilines is 2. The summed E-state index contributed by atoms with van der Waals surface area (Å²) in [6.45, 7) is 1.78. The number of aromatic nitrogens is 1. The molecule has 0 unspecified atom stereocenters. The number of carbonyl (C=O) groups is 2. The Bertz CT molecular complexity index is 1520. The topological polar surface area (TPSA) is 117 Å². The molecule has 5 rings (SSSR count). The first-order valence-electron chi connectivity index (χ1n) is 12.3. The number of furan rings is 1. The van der Waals surface area contributed by atoms with Crippen LogP contribution in [0.15, 0.2) is 83.4 Å². The lowest BCUT2D eigenvalue weighted by atomic mass is 10.0. The van der Waals surface area contributed by atoms with Crippen LogP contribution in [0.2, 0.25) is 0 Å². The summed E-state index contributed by atoms with van der Waals surface area (Å²) in [6, 6.07) is 20.7. The maximum Gasteiger partial charge on any atom is 0.335 e. The second-order valence-electron chi connectivity index (χ2n) is 8.87. The molecule has 2 aromatic carbocycles. The van der Waals surface area contributed by atoms with Gasteiger partial charge in [0.05, 0.1) is 30.1 Å².